The van der Waals surface area contributed by atoms with E-state index >= 15 is 0 Å². The molecule has 270 valence electrons. The number of para-hydroxylation sites is 1. The van der Waals surface area contributed by atoms with Gasteiger partial charge in [-0.15, -0.1) is 0 Å². The fourth-order valence-electron chi connectivity index (χ4n) is 9.01. The molecule has 0 radical (unpaired) electrons. The summed E-state index contributed by atoms with van der Waals surface area (Å²) in [5.74, 6) is 0. The van der Waals surface area contributed by atoms with Crippen molar-refractivity contribution >= 4 is 60.5 Å². The van der Waals surface area contributed by atoms with Gasteiger partial charge < -0.3 is 9.32 Å². The lowest BCUT2D eigenvalue weighted by molar-refractivity contribution is 0.669. The van der Waals surface area contributed by atoms with Crippen LogP contribution in [-0.2, 0) is 0 Å². The Morgan fingerprint density at radius 3 is 1.52 bits per heavy atom. The number of anilines is 3. The second-order valence-electron chi connectivity index (χ2n) is 15.3. The number of hydrogen-bond acceptors (Lipinski definition) is 2. The van der Waals surface area contributed by atoms with Crippen molar-refractivity contribution in [3.63, 3.8) is 0 Å². The lowest BCUT2D eigenvalue weighted by Gasteiger charge is -2.30. The van der Waals surface area contributed by atoms with Crippen LogP contribution < -0.4 is 4.90 Å². The van der Waals surface area contributed by atoms with Gasteiger partial charge in [0, 0.05) is 27.5 Å². The van der Waals surface area contributed by atoms with Crippen LogP contribution in [0.5, 0.6) is 0 Å². The smallest absolute Gasteiger partial charge is 0.135 e. The van der Waals surface area contributed by atoms with Crippen molar-refractivity contribution in [1.29, 1.82) is 0 Å². The topological polar surface area (TPSA) is 16.4 Å². The molecule has 12 rings (SSSR count). The standard InChI is InChI=1S/C56H35NO/c1-3-10-36(11-4-1)38-20-25-45(26-21-38)57(46-27-22-39(23-28-46)41-24-29-56-53(32-41)47-15-7-8-17-55(47)58-56)54-16-9-14-43-33-50-49-31-42-19-18-40(37-12-5-2-6-13-37)30-44(42)34-51(49)52(50)35-48(43)54/h1-35H. The molecule has 0 spiro atoms. The second kappa shape index (κ2) is 12.9. The van der Waals surface area contributed by atoms with Crippen LogP contribution in [0.3, 0.4) is 0 Å². The molecule has 58 heavy (non-hydrogen) atoms. The van der Waals surface area contributed by atoms with E-state index in [2.05, 4.69) is 205 Å². The molecule has 0 saturated carbocycles. The number of hydrogen-bond donors (Lipinski definition) is 0. The minimum atomic E-state index is 0.908. The summed E-state index contributed by atoms with van der Waals surface area (Å²) < 4.78 is 6.14. The van der Waals surface area contributed by atoms with Crippen LogP contribution >= 0.6 is 0 Å². The van der Waals surface area contributed by atoms with E-state index < -0.39 is 0 Å². The van der Waals surface area contributed by atoms with Crippen molar-refractivity contribution in [3.8, 4) is 55.6 Å². The molecule has 1 heterocycles. The average molecular weight is 738 g/mol. The molecule has 0 fully saturated rings. The van der Waals surface area contributed by atoms with Crippen molar-refractivity contribution in [1.82, 2.24) is 0 Å². The number of rotatable bonds is 6. The van der Waals surface area contributed by atoms with Crippen molar-refractivity contribution in [3.05, 3.63) is 212 Å². The quantitative estimate of drug-likeness (QED) is 0.169. The van der Waals surface area contributed by atoms with Crippen molar-refractivity contribution in [2.75, 3.05) is 4.90 Å². The SMILES string of the molecule is c1ccc(-c2ccc(N(c3ccc(-c4ccc5oc6ccccc6c5c4)cc3)c3cccc4cc5c(cc34)-c3cc4cc(-c6ccccc6)ccc4cc3-5)cc2)cc1. The van der Waals surface area contributed by atoms with E-state index in [0.29, 0.717) is 0 Å². The van der Waals surface area contributed by atoms with E-state index in [0.717, 1.165) is 50.1 Å². The molecule has 0 aliphatic heterocycles. The van der Waals surface area contributed by atoms with Gasteiger partial charge >= 0.3 is 0 Å². The van der Waals surface area contributed by atoms with Gasteiger partial charge in [0.05, 0.1) is 5.69 Å². The molecule has 0 N–H and O–H groups in total. The van der Waals surface area contributed by atoms with Crippen LogP contribution in [0, 0.1) is 0 Å². The maximum Gasteiger partial charge on any atom is 0.135 e. The summed E-state index contributed by atoms with van der Waals surface area (Å²) in [5, 5.41) is 7.25. The lowest BCUT2D eigenvalue weighted by Crippen LogP contribution is -2.11. The third kappa shape index (κ3) is 5.27. The lowest BCUT2D eigenvalue weighted by atomic mass is 9.77. The Morgan fingerprint density at radius 1 is 0.276 bits per heavy atom. The van der Waals surface area contributed by atoms with Crippen LogP contribution in [-0.4, -0.2) is 0 Å². The minimum Gasteiger partial charge on any atom is -0.456 e. The first kappa shape index (κ1) is 32.6. The molecule has 0 unspecified atom stereocenters. The molecule has 0 atom stereocenters. The maximum absolute atomic E-state index is 6.14. The second-order valence-corrected chi connectivity index (χ2v) is 15.3. The predicted octanol–water partition coefficient (Wildman–Crippen LogP) is 16.0. The van der Waals surface area contributed by atoms with Gasteiger partial charge in [0.2, 0.25) is 0 Å². The molecule has 11 aromatic rings. The molecule has 1 aromatic heterocycles. The Bertz CT molecular complexity index is 3360. The van der Waals surface area contributed by atoms with Gasteiger partial charge in [0.1, 0.15) is 11.2 Å². The Hall–Kier alpha value is -7.68. The van der Waals surface area contributed by atoms with E-state index in [9.17, 15) is 0 Å². The van der Waals surface area contributed by atoms with Crippen LogP contribution in [0.2, 0.25) is 0 Å². The zero-order valence-corrected chi connectivity index (χ0v) is 31.6. The normalized spacial score (nSPS) is 11.8. The van der Waals surface area contributed by atoms with Gasteiger partial charge in [-0.1, -0.05) is 133 Å². The van der Waals surface area contributed by atoms with Crippen LogP contribution in [0.15, 0.2) is 217 Å². The summed E-state index contributed by atoms with van der Waals surface area (Å²) in [6.07, 6.45) is 0. The zero-order valence-electron chi connectivity index (χ0n) is 31.6. The van der Waals surface area contributed by atoms with Crippen LogP contribution in [0.4, 0.5) is 17.1 Å². The predicted molar refractivity (Wildman–Crippen MR) is 244 cm³/mol. The molecule has 0 saturated heterocycles. The first-order valence-electron chi connectivity index (χ1n) is 19.9. The monoisotopic (exact) mass is 737 g/mol. The highest BCUT2D eigenvalue weighted by Crippen LogP contribution is 2.52. The highest BCUT2D eigenvalue weighted by atomic mass is 16.3. The summed E-state index contributed by atoms with van der Waals surface area (Å²) in [6.45, 7) is 0. The van der Waals surface area contributed by atoms with Gasteiger partial charge in [-0.2, -0.15) is 0 Å². The number of nitrogens with zero attached hydrogens (tertiary/aromatic N) is 1. The van der Waals surface area contributed by atoms with Crippen LogP contribution in [0.25, 0.3) is 99.1 Å². The van der Waals surface area contributed by atoms with Gasteiger partial charge in [0.25, 0.3) is 0 Å². The maximum atomic E-state index is 6.14. The molecule has 2 nitrogen and oxygen atoms in total. The van der Waals surface area contributed by atoms with Gasteiger partial charge in [0.15, 0.2) is 0 Å². The Labute approximate surface area is 336 Å². The first-order chi connectivity index (χ1) is 28.7. The zero-order chi connectivity index (χ0) is 38.2. The largest absolute Gasteiger partial charge is 0.456 e. The molecule has 1 aliphatic carbocycles. The van der Waals surface area contributed by atoms with E-state index in [1.807, 2.05) is 12.1 Å². The van der Waals surface area contributed by atoms with Gasteiger partial charge in [-0.25, -0.2) is 0 Å². The van der Waals surface area contributed by atoms with Crippen molar-refractivity contribution in [2.24, 2.45) is 0 Å². The Morgan fingerprint density at radius 2 is 0.793 bits per heavy atom. The van der Waals surface area contributed by atoms with Gasteiger partial charge in [-0.05, 0) is 151 Å². The fourth-order valence-corrected chi connectivity index (χ4v) is 9.01. The molecular formula is C56H35NO. The Balaban J connectivity index is 0.973. The molecule has 1 aliphatic rings. The summed E-state index contributed by atoms with van der Waals surface area (Å²) in [5.41, 5.74) is 17.6. The molecule has 2 heteroatoms. The third-order valence-electron chi connectivity index (χ3n) is 12.0. The number of furan rings is 1. The van der Waals surface area contributed by atoms with Crippen molar-refractivity contribution in [2.45, 2.75) is 0 Å². The Kier molecular flexibility index (Phi) is 7.26. The first-order valence-corrected chi connectivity index (χ1v) is 19.9. The van der Waals surface area contributed by atoms with E-state index in [-0.39, 0.29) is 0 Å². The summed E-state index contributed by atoms with van der Waals surface area (Å²) in [6, 6.07) is 77.1. The highest BCUT2D eigenvalue weighted by Gasteiger charge is 2.26. The third-order valence-corrected chi connectivity index (χ3v) is 12.0. The number of fused-ring (bicyclic) bond motifs is 9. The van der Waals surface area contributed by atoms with Crippen LogP contribution in [0.1, 0.15) is 0 Å². The molecular weight excluding hydrogens is 703 g/mol. The molecule has 0 amide bonds. The summed E-state index contributed by atoms with van der Waals surface area (Å²) >= 11 is 0. The summed E-state index contributed by atoms with van der Waals surface area (Å²) in [7, 11) is 0. The summed E-state index contributed by atoms with van der Waals surface area (Å²) in [4.78, 5) is 2.41. The fraction of sp³-hybridized carbons (Fsp3) is 0. The van der Waals surface area contributed by atoms with Crippen molar-refractivity contribution < 1.29 is 4.42 Å². The average Bonchev–Trinajstić information content (AvgIpc) is 3.67. The van der Waals surface area contributed by atoms with E-state index in [1.54, 1.807) is 0 Å². The highest BCUT2D eigenvalue weighted by molar-refractivity contribution is 6.14. The van der Waals surface area contributed by atoms with E-state index in [4.69, 9.17) is 4.42 Å². The minimum absolute atomic E-state index is 0.908. The molecule has 0 bridgehead atoms. The molecule has 10 aromatic carbocycles. The van der Waals surface area contributed by atoms with E-state index in [1.165, 1.54) is 66.1 Å². The van der Waals surface area contributed by atoms with Gasteiger partial charge in [-0.3, -0.25) is 0 Å². The number of benzene rings is 10.